The first-order chi connectivity index (χ1) is 8.74. The highest BCUT2D eigenvalue weighted by Crippen LogP contribution is 2.07. The Balaban J connectivity index is -0.000000266. The number of nitriles is 1. The molecule has 0 aromatic heterocycles. The van der Waals surface area contributed by atoms with E-state index in [1.807, 2.05) is 6.92 Å². The molecule has 0 radical (unpaired) electrons. The standard InChI is InChI=1S/C10H19N.C3H7Cl.C3H8/c1-2-3-4-5-6-7-8-9-10-11;1-2-3-4;1-3-2/h2-9H2,1H3;2-3H2,1H3;3H2,1-2H3. The molecule has 2 heteroatoms. The summed E-state index contributed by atoms with van der Waals surface area (Å²) in [6.45, 7) is 8.53. The summed E-state index contributed by atoms with van der Waals surface area (Å²) in [7, 11) is 0. The van der Waals surface area contributed by atoms with Gasteiger partial charge in [0.25, 0.3) is 0 Å². The van der Waals surface area contributed by atoms with Gasteiger partial charge in [-0.05, 0) is 12.8 Å². The van der Waals surface area contributed by atoms with Gasteiger partial charge in [-0.1, -0.05) is 72.6 Å². The van der Waals surface area contributed by atoms with Gasteiger partial charge >= 0.3 is 0 Å². The lowest BCUT2D eigenvalue weighted by Gasteiger charge is -1.97. The van der Waals surface area contributed by atoms with Crippen LogP contribution in [-0.4, -0.2) is 5.88 Å². The second kappa shape index (κ2) is 30.1. The monoisotopic (exact) mass is 275 g/mol. The lowest BCUT2D eigenvalue weighted by Crippen LogP contribution is -1.78. The number of unbranched alkanes of at least 4 members (excludes halogenated alkanes) is 7. The Morgan fingerprint density at radius 3 is 1.50 bits per heavy atom. The van der Waals surface area contributed by atoms with E-state index in [1.165, 1.54) is 44.9 Å². The molecule has 0 amide bonds. The van der Waals surface area contributed by atoms with Crippen LogP contribution in [0.3, 0.4) is 0 Å². The molecule has 0 aliphatic rings. The van der Waals surface area contributed by atoms with Crippen LogP contribution < -0.4 is 0 Å². The first-order valence-corrected chi connectivity index (χ1v) is 8.21. The van der Waals surface area contributed by atoms with Crippen LogP contribution >= 0.6 is 11.6 Å². The van der Waals surface area contributed by atoms with E-state index >= 15 is 0 Å². The fourth-order valence-electron chi connectivity index (χ4n) is 1.16. The van der Waals surface area contributed by atoms with Crippen molar-refractivity contribution < 1.29 is 0 Å². The molecule has 0 aromatic carbocycles. The Hall–Kier alpha value is -0.220. The molecule has 0 aliphatic carbocycles. The van der Waals surface area contributed by atoms with Gasteiger partial charge in [0.1, 0.15) is 0 Å². The maximum Gasteiger partial charge on any atom is 0.0621 e. The Bertz CT molecular complexity index is 139. The summed E-state index contributed by atoms with van der Waals surface area (Å²) >= 11 is 5.19. The molecule has 0 saturated carbocycles. The minimum atomic E-state index is 0.744. The van der Waals surface area contributed by atoms with Gasteiger partial charge in [-0.25, -0.2) is 0 Å². The topological polar surface area (TPSA) is 23.8 Å². The molecule has 0 aliphatic heterocycles. The van der Waals surface area contributed by atoms with Crippen LogP contribution in [0.15, 0.2) is 0 Å². The number of alkyl halides is 1. The summed E-state index contributed by atoms with van der Waals surface area (Å²) in [5, 5.41) is 8.26. The van der Waals surface area contributed by atoms with Crippen molar-refractivity contribution in [2.24, 2.45) is 0 Å². The van der Waals surface area contributed by atoms with Crippen LogP contribution in [0.2, 0.25) is 0 Å². The predicted molar refractivity (Wildman–Crippen MR) is 85.2 cm³/mol. The van der Waals surface area contributed by atoms with Crippen molar-refractivity contribution in [3.05, 3.63) is 0 Å². The van der Waals surface area contributed by atoms with Gasteiger partial charge in [0.2, 0.25) is 0 Å². The third-order valence-electron chi connectivity index (χ3n) is 2.08. The van der Waals surface area contributed by atoms with Gasteiger partial charge in [0.05, 0.1) is 6.07 Å². The molecule has 0 unspecified atom stereocenters. The highest BCUT2D eigenvalue weighted by atomic mass is 35.5. The molecule has 0 aromatic rings. The Morgan fingerprint density at radius 2 is 1.17 bits per heavy atom. The van der Waals surface area contributed by atoms with Crippen LogP contribution in [0.4, 0.5) is 0 Å². The maximum absolute atomic E-state index is 8.26. The Kier molecular flexibility index (Phi) is 38.3. The molecule has 0 atom stereocenters. The molecule has 0 bridgehead atoms. The lowest BCUT2D eigenvalue weighted by molar-refractivity contribution is 0.593. The Labute approximate surface area is 121 Å². The fraction of sp³-hybridized carbons (Fsp3) is 0.938. The van der Waals surface area contributed by atoms with Crippen LogP contribution in [0.25, 0.3) is 0 Å². The van der Waals surface area contributed by atoms with Crippen LogP contribution in [-0.2, 0) is 0 Å². The summed E-state index contributed by atoms with van der Waals surface area (Å²) in [5.41, 5.74) is 0. The van der Waals surface area contributed by atoms with Gasteiger partial charge in [-0.2, -0.15) is 5.26 Å². The van der Waals surface area contributed by atoms with E-state index in [-0.39, 0.29) is 0 Å². The lowest BCUT2D eigenvalue weighted by atomic mass is 10.1. The van der Waals surface area contributed by atoms with E-state index in [4.69, 9.17) is 16.9 Å². The third-order valence-corrected chi connectivity index (χ3v) is 2.46. The second-order valence-electron chi connectivity index (χ2n) is 4.43. The minimum absolute atomic E-state index is 0.744. The summed E-state index contributed by atoms with van der Waals surface area (Å²) in [6.07, 6.45) is 12.2. The van der Waals surface area contributed by atoms with Crippen molar-refractivity contribution in [1.29, 1.82) is 5.26 Å². The van der Waals surface area contributed by atoms with Gasteiger partial charge < -0.3 is 0 Å². The molecule has 0 rings (SSSR count). The van der Waals surface area contributed by atoms with E-state index in [0.717, 1.165) is 25.1 Å². The van der Waals surface area contributed by atoms with Crippen molar-refractivity contribution in [3.8, 4) is 6.07 Å². The average Bonchev–Trinajstić information content (AvgIpc) is 2.39. The third kappa shape index (κ3) is 44.7. The van der Waals surface area contributed by atoms with E-state index in [2.05, 4.69) is 26.8 Å². The van der Waals surface area contributed by atoms with Crippen LogP contribution in [0, 0.1) is 11.3 Å². The van der Waals surface area contributed by atoms with Crippen LogP contribution in [0.5, 0.6) is 0 Å². The molecule has 0 fully saturated rings. The SMILES string of the molecule is CCC.CCCCCCCCCC#N.CCCCl. The van der Waals surface area contributed by atoms with Gasteiger partial charge in [-0.15, -0.1) is 11.6 Å². The summed E-state index contributed by atoms with van der Waals surface area (Å²) in [6, 6.07) is 2.17. The zero-order valence-corrected chi connectivity index (χ0v) is 13.9. The molecule has 0 spiro atoms. The molecular formula is C16H34ClN. The number of halogens is 1. The molecule has 0 heterocycles. The van der Waals surface area contributed by atoms with E-state index in [0.29, 0.717) is 0 Å². The number of hydrogen-bond donors (Lipinski definition) is 0. The molecule has 1 nitrogen and oxygen atoms in total. The van der Waals surface area contributed by atoms with E-state index in [9.17, 15) is 0 Å². The van der Waals surface area contributed by atoms with Crippen molar-refractivity contribution in [2.45, 2.75) is 91.9 Å². The fourth-order valence-corrected chi connectivity index (χ4v) is 1.16. The zero-order valence-electron chi connectivity index (χ0n) is 13.1. The first-order valence-electron chi connectivity index (χ1n) is 7.67. The normalized spacial score (nSPS) is 8.44. The van der Waals surface area contributed by atoms with Crippen molar-refractivity contribution >= 4 is 11.6 Å². The summed E-state index contributed by atoms with van der Waals surface area (Å²) in [5.74, 6) is 0.792. The second-order valence-corrected chi connectivity index (χ2v) is 4.80. The molecule has 0 N–H and O–H groups in total. The zero-order chi connectivity index (χ0) is 14.5. The maximum atomic E-state index is 8.26. The van der Waals surface area contributed by atoms with Crippen LogP contribution in [0.1, 0.15) is 91.9 Å². The van der Waals surface area contributed by atoms with Crippen molar-refractivity contribution in [2.75, 3.05) is 5.88 Å². The highest BCUT2D eigenvalue weighted by Gasteiger charge is 1.89. The number of nitrogens with zero attached hydrogens (tertiary/aromatic N) is 1. The average molecular weight is 276 g/mol. The molecular weight excluding hydrogens is 242 g/mol. The smallest absolute Gasteiger partial charge is 0.0621 e. The molecule has 18 heavy (non-hydrogen) atoms. The van der Waals surface area contributed by atoms with Gasteiger partial charge in [0, 0.05) is 12.3 Å². The Morgan fingerprint density at radius 1 is 0.778 bits per heavy atom. The number of hydrogen-bond acceptors (Lipinski definition) is 1. The summed E-state index contributed by atoms with van der Waals surface area (Å²) < 4.78 is 0. The van der Waals surface area contributed by atoms with Gasteiger partial charge in [0.15, 0.2) is 0 Å². The first kappa shape index (κ1) is 22.9. The van der Waals surface area contributed by atoms with Gasteiger partial charge in [-0.3, -0.25) is 0 Å². The van der Waals surface area contributed by atoms with Crippen molar-refractivity contribution in [1.82, 2.24) is 0 Å². The quantitative estimate of drug-likeness (QED) is 0.357. The number of rotatable bonds is 8. The molecule has 110 valence electrons. The van der Waals surface area contributed by atoms with Crippen molar-refractivity contribution in [3.63, 3.8) is 0 Å². The largest absolute Gasteiger partial charge is 0.198 e. The minimum Gasteiger partial charge on any atom is -0.198 e. The van der Waals surface area contributed by atoms with E-state index < -0.39 is 0 Å². The molecule has 0 saturated heterocycles. The predicted octanol–water partition coefficient (Wildman–Crippen LogP) is 6.70. The van der Waals surface area contributed by atoms with E-state index in [1.54, 1.807) is 0 Å². The summed E-state index contributed by atoms with van der Waals surface area (Å²) in [4.78, 5) is 0. The highest BCUT2D eigenvalue weighted by molar-refractivity contribution is 6.17.